The van der Waals surface area contributed by atoms with Crippen molar-refractivity contribution in [2.45, 2.75) is 25.2 Å². The summed E-state index contributed by atoms with van der Waals surface area (Å²) in [5.74, 6) is 0. The average Bonchev–Trinajstić information content (AvgIpc) is 2.29. The molecule has 19 heavy (non-hydrogen) atoms. The van der Waals surface area contributed by atoms with Gasteiger partial charge in [0, 0.05) is 0 Å². The lowest BCUT2D eigenvalue weighted by atomic mass is 10.1. The van der Waals surface area contributed by atoms with Crippen LogP contribution in [-0.4, -0.2) is 45.6 Å². The van der Waals surface area contributed by atoms with Gasteiger partial charge in [0.25, 0.3) is 10.1 Å². The first-order chi connectivity index (χ1) is 8.83. The molecular formula is C11H17NO6S. The number of hydrogen-bond donors (Lipinski definition) is 1. The Kier molecular flexibility index (Phi) is 5.37. The van der Waals surface area contributed by atoms with E-state index in [1.54, 1.807) is 6.92 Å². The summed E-state index contributed by atoms with van der Waals surface area (Å²) in [6.45, 7) is 5.12. The van der Waals surface area contributed by atoms with E-state index in [4.69, 9.17) is 13.7 Å². The number of carbonyl (C=O) groups excluding carboxylic acids is 1. The van der Waals surface area contributed by atoms with Gasteiger partial charge in [0.2, 0.25) is 0 Å². The van der Waals surface area contributed by atoms with Crippen molar-refractivity contribution >= 4 is 16.2 Å². The first-order valence-electron chi connectivity index (χ1n) is 5.58. The van der Waals surface area contributed by atoms with Crippen LogP contribution in [0.2, 0.25) is 0 Å². The molecule has 0 unspecified atom stereocenters. The van der Waals surface area contributed by atoms with Crippen LogP contribution in [0.5, 0.6) is 0 Å². The van der Waals surface area contributed by atoms with Gasteiger partial charge in [0.1, 0.15) is 18.8 Å². The molecule has 0 saturated carbocycles. The van der Waals surface area contributed by atoms with Gasteiger partial charge < -0.3 is 14.8 Å². The summed E-state index contributed by atoms with van der Waals surface area (Å²) in [7, 11) is -3.66. The van der Waals surface area contributed by atoms with Crippen LogP contribution in [0, 0.1) is 0 Å². The van der Waals surface area contributed by atoms with E-state index in [-0.39, 0.29) is 6.61 Å². The molecule has 0 aromatic carbocycles. The number of hydrogen-bond acceptors (Lipinski definition) is 6. The smallest absolute Gasteiger partial charge is 0.408 e. The second kappa shape index (κ2) is 6.58. The van der Waals surface area contributed by atoms with Gasteiger partial charge >= 0.3 is 6.09 Å². The number of alkyl carbamates (subject to hydrolysis) is 1. The van der Waals surface area contributed by atoms with Crippen LogP contribution < -0.4 is 5.32 Å². The van der Waals surface area contributed by atoms with Gasteiger partial charge in [0.05, 0.1) is 18.6 Å². The summed E-state index contributed by atoms with van der Waals surface area (Å²) in [6.07, 6.45) is 3.17. The van der Waals surface area contributed by atoms with E-state index in [0.29, 0.717) is 0 Å². The van der Waals surface area contributed by atoms with Crippen LogP contribution in [0.3, 0.4) is 0 Å². The highest BCUT2D eigenvalue weighted by molar-refractivity contribution is 7.86. The van der Waals surface area contributed by atoms with Crippen molar-refractivity contribution in [1.82, 2.24) is 5.32 Å². The van der Waals surface area contributed by atoms with Crippen molar-refractivity contribution in [2.24, 2.45) is 0 Å². The monoisotopic (exact) mass is 291 g/mol. The summed E-state index contributed by atoms with van der Waals surface area (Å²) < 4.78 is 37.2. The number of amides is 1. The van der Waals surface area contributed by atoms with Crippen LogP contribution in [0.25, 0.3) is 0 Å². The number of nitrogens with one attached hydrogen (secondary N) is 1. The molecule has 0 fully saturated rings. The fraction of sp³-hybridized carbons (Fsp3) is 0.545. The lowest BCUT2D eigenvalue weighted by Gasteiger charge is -2.31. The molecule has 1 aliphatic rings. The number of carbonyl (C=O) groups is 1. The summed E-state index contributed by atoms with van der Waals surface area (Å²) >= 11 is 0. The van der Waals surface area contributed by atoms with Gasteiger partial charge in [-0.25, -0.2) is 4.79 Å². The molecule has 0 spiro atoms. The molecule has 1 heterocycles. The van der Waals surface area contributed by atoms with E-state index in [1.165, 1.54) is 18.4 Å². The van der Waals surface area contributed by atoms with Gasteiger partial charge in [-0.1, -0.05) is 12.7 Å². The summed E-state index contributed by atoms with van der Waals surface area (Å²) in [5.41, 5.74) is 0. The second-order valence-corrected chi connectivity index (χ2v) is 5.59. The third-order valence-electron chi connectivity index (χ3n) is 2.30. The van der Waals surface area contributed by atoms with E-state index < -0.39 is 34.5 Å². The predicted octanol–water partition coefficient (Wildman–Crippen LogP) is 0.544. The van der Waals surface area contributed by atoms with Crippen LogP contribution in [0.4, 0.5) is 4.79 Å². The van der Waals surface area contributed by atoms with Crippen LogP contribution in [0.15, 0.2) is 25.0 Å². The maximum atomic E-state index is 11.4. The molecule has 0 bridgehead atoms. The lowest BCUT2D eigenvalue weighted by molar-refractivity contribution is 0.0123. The molecule has 0 aliphatic carbocycles. The highest BCUT2D eigenvalue weighted by Gasteiger charge is 2.34. The van der Waals surface area contributed by atoms with Gasteiger partial charge in [-0.2, -0.15) is 8.42 Å². The van der Waals surface area contributed by atoms with Crippen LogP contribution in [0.1, 0.15) is 6.92 Å². The van der Waals surface area contributed by atoms with E-state index >= 15 is 0 Å². The Hall–Kier alpha value is -1.54. The quantitative estimate of drug-likeness (QED) is 0.587. The Labute approximate surface area is 112 Å². The number of ether oxygens (including phenoxy) is 2. The Balaban J connectivity index is 2.71. The molecule has 1 N–H and O–H groups in total. The van der Waals surface area contributed by atoms with Crippen molar-refractivity contribution in [3.8, 4) is 0 Å². The van der Waals surface area contributed by atoms with Gasteiger partial charge in [0.15, 0.2) is 0 Å². The maximum absolute atomic E-state index is 11.4. The first-order valence-corrected chi connectivity index (χ1v) is 7.39. The standard InChI is InChI=1S/C11H17NO6S/c1-4-6-17-11(13)12-9-5-7-16-8(2)10(9)18-19(3,14)15/h4-5,7-10H,1,6H2,2-3H3,(H,12,13)/t8-,9-,10-/m0/s1. The minimum Gasteiger partial charge on any atom is -0.496 e. The minimum atomic E-state index is -3.66. The van der Waals surface area contributed by atoms with Crippen molar-refractivity contribution in [1.29, 1.82) is 0 Å². The Morgan fingerprint density at radius 2 is 2.26 bits per heavy atom. The molecule has 3 atom stereocenters. The van der Waals surface area contributed by atoms with E-state index in [1.807, 2.05) is 0 Å². The Morgan fingerprint density at radius 3 is 2.84 bits per heavy atom. The molecule has 8 heteroatoms. The van der Waals surface area contributed by atoms with Crippen LogP contribution >= 0.6 is 0 Å². The largest absolute Gasteiger partial charge is 0.496 e. The minimum absolute atomic E-state index is 0.0614. The third-order valence-corrected chi connectivity index (χ3v) is 2.87. The molecule has 0 radical (unpaired) electrons. The zero-order chi connectivity index (χ0) is 14.5. The van der Waals surface area contributed by atoms with E-state index in [9.17, 15) is 13.2 Å². The molecule has 108 valence electrons. The van der Waals surface area contributed by atoms with Crippen LogP contribution in [-0.2, 0) is 23.8 Å². The first kappa shape index (κ1) is 15.5. The zero-order valence-electron chi connectivity index (χ0n) is 10.7. The molecule has 0 saturated heterocycles. The SMILES string of the molecule is C=CCOC(=O)N[C@H]1C=CO[C@@H](C)[C@@H]1OS(C)(=O)=O. The van der Waals surface area contributed by atoms with Crippen molar-refractivity contribution in [2.75, 3.05) is 12.9 Å². The lowest BCUT2D eigenvalue weighted by Crippen LogP contribution is -2.51. The average molecular weight is 291 g/mol. The highest BCUT2D eigenvalue weighted by Crippen LogP contribution is 2.17. The van der Waals surface area contributed by atoms with Crippen molar-refractivity contribution in [3.05, 3.63) is 25.0 Å². The van der Waals surface area contributed by atoms with E-state index in [2.05, 4.69) is 11.9 Å². The molecule has 0 aromatic heterocycles. The summed E-state index contributed by atoms with van der Waals surface area (Å²) in [4.78, 5) is 11.4. The zero-order valence-corrected chi connectivity index (χ0v) is 11.6. The molecule has 1 amide bonds. The van der Waals surface area contributed by atoms with Crippen molar-refractivity contribution < 1.29 is 26.9 Å². The Bertz CT molecular complexity index is 458. The molecular weight excluding hydrogens is 274 g/mol. The second-order valence-electron chi connectivity index (χ2n) is 3.99. The van der Waals surface area contributed by atoms with Gasteiger partial charge in [-0.15, -0.1) is 0 Å². The Morgan fingerprint density at radius 1 is 1.58 bits per heavy atom. The molecule has 1 aliphatic heterocycles. The molecule has 7 nitrogen and oxygen atoms in total. The van der Waals surface area contributed by atoms with E-state index in [0.717, 1.165) is 6.26 Å². The summed E-state index contributed by atoms with van der Waals surface area (Å²) in [5, 5.41) is 2.49. The molecule has 1 rings (SSSR count). The number of rotatable bonds is 5. The summed E-state index contributed by atoms with van der Waals surface area (Å²) in [6, 6.07) is -0.657. The normalized spacial score (nSPS) is 26.3. The predicted molar refractivity (Wildman–Crippen MR) is 67.9 cm³/mol. The fourth-order valence-corrected chi connectivity index (χ4v) is 2.20. The van der Waals surface area contributed by atoms with Gasteiger partial charge in [-0.3, -0.25) is 4.18 Å². The maximum Gasteiger partial charge on any atom is 0.408 e. The molecule has 0 aromatic rings. The van der Waals surface area contributed by atoms with Crippen molar-refractivity contribution in [3.63, 3.8) is 0 Å². The fourth-order valence-electron chi connectivity index (χ4n) is 1.52. The topological polar surface area (TPSA) is 90.9 Å². The highest BCUT2D eigenvalue weighted by atomic mass is 32.2. The van der Waals surface area contributed by atoms with Gasteiger partial charge in [-0.05, 0) is 13.0 Å². The third kappa shape index (κ3) is 5.31.